The van der Waals surface area contributed by atoms with E-state index in [9.17, 15) is 5.11 Å². The van der Waals surface area contributed by atoms with Gasteiger partial charge in [0.15, 0.2) is 0 Å². The molecular weight excluding hydrogens is 316 g/mol. The average Bonchev–Trinajstić information content (AvgIpc) is 3.10. The number of nitriles is 1. The van der Waals surface area contributed by atoms with E-state index in [1.165, 1.54) is 0 Å². The van der Waals surface area contributed by atoms with Gasteiger partial charge in [0.1, 0.15) is 24.3 Å². The van der Waals surface area contributed by atoms with Gasteiger partial charge in [-0.2, -0.15) is 5.26 Å². The zero-order valence-electron chi connectivity index (χ0n) is 13.6. The molecule has 2 aromatic heterocycles. The van der Waals surface area contributed by atoms with E-state index in [-0.39, 0.29) is 6.61 Å². The molecule has 0 bridgehead atoms. The number of benzene rings is 1. The Hall–Kier alpha value is -3.17. The van der Waals surface area contributed by atoms with Crippen LogP contribution in [-0.4, -0.2) is 32.4 Å². The smallest absolute Gasteiger partial charge is 0.140 e. The van der Waals surface area contributed by atoms with Gasteiger partial charge in [-0.1, -0.05) is 12.1 Å². The number of imidazole rings is 1. The van der Waals surface area contributed by atoms with Gasteiger partial charge in [0.25, 0.3) is 0 Å². The maximum Gasteiger partial charge on any atom is 0.140 e. The highest BCUT2D eigenvalue weighted by molar-refractivity contribution is 5.54. The fourth-order valence-electron chi connectivity index (χ4n) is 2.48. The number of aromatic nitrogens is 3. The first kappa shape index (κ1) is 16.7. The molecular formula is C19H18N4O2. The first-order valence-electron chi connectivity index (χ1n) is 7.94. The van der Waals surface area contributed by atoms with Crippen molar-refractivity contribution in [2.24, 2.45) is 0 Å². The van der Waals surface area contributed by atoms with Crippen LogP contribution in [0.4, 0.5) is 0 Å². The third-order valence-corrected chi connectivity index (χ3v) is 3.71. The van der Waals surface area contributed by atoms with E-state index in [2.05, 4.69) is 16.0 Å². The van der Waals surface area contributed by atoms with Crippen LogP contribution in [0.1, 0.15) is 5.56 Å². The molecule has 0 saturated heterocycles. The molecule has 3 aromatic rings. The lowest BCUT2D eigenvalue weighted by Crippen LogP contribution is -2.23. The zero-order valence-corrected chi connectivity index (χ0v) is 13.6. The number of hydrogen-bond acceptors (Lipinski definition) is 5. The van der Waals surface area contributed by atoms with E-state index in [1.807, 2.05) is 35.0 Å². The van der Waals surface area contributed by atoms with E-state index in [1.54, 1.807) is 30.7 Å². The minimum Gasteiger partial charge on any atom is -0.491 e. The van der Waals surface area contributed by atoms with Crippen molar-refractivity contribution in [1.82, 2.24) is 14.5 Å². The lowest BCUT2D eigenvalue weighted by Gasteiger charge is -2.15. The molecule has 0 aliphatic heterocycles. The van der Waals surface area contributed by atoms with Crippen LogP contribution < -0.4 is 4.74 Å². The Bertz CT molecular complexity index is 838. The van der Waals surface area contributed by atoms with E-state index in [0.29, 0.717) is 18.7 Å². The second-order valence-electron chi connectivity index (χ2n) is 5.58. The van der Waals surface area contributed by atoms with Gasteiger partial charge in [0, 0.05) is 30.4 Å². The number of aliphatic hydroxyl groups excluding tert-OH is 1. The summed E-state index contributed by atoms with van der Waals surface area (Å²) in [7, 11) is 0. The molecule has 1 aromatic carbocycles. The predicted octanol–water partition coefficient (Wildman–Crippen LogP) is 2.45. The average molecular weight is 334 g/mol. The predicted molar refractivity (Wildman–Crippen MR) is 92.7 cm³/mol. The second-order valence-corrected chi connectivity index (χ2v) is 5.58. The minimum atomic E-state index is -0.673. The van der Waals surface area contributed by atoms with Crippen LogP contribution in [0.2, 0.25) is 0 Å². The van der Waals surface area contributed by atoms with Crippen LogP contribution in [0.25, 0.3) is 11.4 Å². The van der Waals surface area contributed by atoms with Crippen molar-refractivity contribution in [3.63, 3.8) is 0 Å². The largest absolute Gasteiger partial charge is 0.491 e. The number of pyridine rings is 1. The molecule has 6 heteroatoms. The summed E-state index contributed by atoms with van der Waals surface area (Å²) in [5.74, 6) is 1.45. The summed E-state index contributed by atoms with van der Waals surface area (Å²) in [6, 6.07) is 13.2. The van der Waals surface area contributed by atoms with Crippen molar-refractivity contribution in [2.75, 3.05) is 6.61 Å². The van der Waals surface area contributed by atoms with Crippen molar-refractivity contribution in [3.8, 4) is 23.2 Å². The molecule has 1 unspecified atom stereocenters. The SMILES string of the molecule is N#CCc1ccc(OCC(O)Cn2ccnc2-c2ccncc2)cc1. The second kappa shape index (κ2) is 8.08. The Labute approximate surface area is 146 Å². The Kier molecular flexibility index (Phi) is 5.39. The van der Waals surface area contributed by atoms with Crippen molar-refractivity contribution >= 4 is 0 Å². The molecule has 1 N–H and O–H groups in total. The van der Waals surface area contributed by atoms with Crippen molar-refractivity contribution in [2.45, 2.75) is 19.1 Å². The van der Waals surface area contributed by atoms with Crippen LogP contribution in [0, 0.1) is 11.3 Å². The first-order chi connectivity index (χ1) is 12.3. The van der Waals surface area contributed by atoms with Gasteiger partial charge in [-0.05, 0) is 29.8 Å². The Morgan fingerprint density at radius 3 is 2.60 bits per heavy atom. The number of ether oxygens (including phenoxy) is 1. The van der Waals surface area contributed by atoms with Crippen molar-refractivity contribution in [1.29, 1.82) is 5.26 Å². The van der Waals surface area contributed by atoms with Gasteiger partial charge in [-0.25, -0.2) is 4.98 Å². The maximum atomic E-state index is 10.3. The van der Waals surface area contributed by atoms with E-state index < -0.39 is 6.10 Å². The lowest BCUT2D eigenvalue weighted by atomic mass is 10.2. The van der Waals surface area contributed by atoms with Crippen LogP contribution in [0.15, 0.2) is 61.2 Å². The molecule has 3 rings (SSSR count). The highest BCUT2D eigenvalue weighted by atomic mass is 16.5. The fourth-order valence-corrected chi connectivity index (χ4v) is 2.48. The van der Waals surface area contributed by atoms with E-state index in [0.717, 1.165) is 17.0 Å². The zero-order chi connectivity index (χ0) is 17.5. The Balaban J connectivity index is 1.57. The van der Waals surface area contributed by atoms with Crippen LogP contribution in [0.5, 0.6) is 5.75 Å². The quantitative estimate of drug-likeness (QED) is 0.717. The van der Waals surface area contributed by atoms with Crippen molar-refractivity contribution in [3.05, 3.63) is 66.7 Å². The summed E-state index contributed by atoms with van der Waals surface area (Å²) in [4.78, 5) is 8.34. The van der Waals surface area contributed by atoms with Gasteiger partial charge in [-0.3, -0.25) is 4.98 Å². The van der Waals surface area contributed by atoms with Crippen LogP contribution in [-0.2, 0) is 13.0 Å². The minimum absolute atomic E-state index is 0.172. The van der Waals surface area contributed by atoms with E-state index >= 15 is 0 Å². The van der Waals surface area contributed by atoms with Gasteiger partial charge in [0.05, 0.1) is 19.0 Å². The number of nitrogens with zero attached hydrogens (tertiary/aromatic N) is 4. The Morgan fingerprint density at radius 2 is 1.88 bits per heavy atom. The van der Waals surface area contributed by atoms with Gasteiger partial charge in [0.2, 0.25) is 0 Å². The third kappa shape index (κ3) is 4.43. The molecule has 0 saturated carbocycles. The molecule has 0 aliphatic rings. The topological polar surface area (TPSA) is 84.0 Å². The number of hydrogen-bond donors (Lipinski definition) is 1. The molecule has 126 valence electrons. The summed E-state index contributed by atoms with van der Waals surface area (Å²) < 4.78 is 7.51. The maximum absolute atomic E-state index is 10.3. The molecule has 0 aliphatic carbocycles. The molecule has 1 atom stereocenters. The molecule has 25 heavy (non-hydrogen) atoms. The number of rotatable bonds is 7. The summed E-state index contributed by atoms with van der Waals surface area (Å²) in [5.41, 5.74) is 1.89. The molecule has 0 spiro atoms. The van der Waals surface area contributed by atoms with Gasteiger partial charge >= 0.3 is 0 Å². The molecule has 2 heterocycles. The van der Waals surface area contributed by atoms with Crippen LogP contribution in [0.3, 0.4) is 0 Å². The summed E-state index contributed by atoms with van der Waals surface area (Å²) in [6.45, 7) is 0.551. The van der Waals surface area contributed by atoms with Gasteiger partial charge in [-0.15, -0.1) is 0 Å². The molecule has 0 radical (unpaired) electrons. The number of aliphatic hydroxyl groups is 1. The molecule has 0 fully saturated rings. The molecule has 0 amide bonds. The van der Waals surface area contributed by atoms with Crippen LogP contribution >= 0.6 is 0 Å². The summed E-state index contributed by atoms with van der Waals surface area (Å²) in [5, 5.41) is 18.9. The highest BCUT2D eigenvalue weighted by Gasteiger charge is 2.11. The van der Waals surface area contributed by atoms with Crippen molar-refractivity contribution < 1.29 is 9.84 Å². The lowest BCUT2D eigenvalue weighted by molar-refractivity contribution is 0.0928. The summed E-state index contributed by atoms with van der Waals surface area (Å²) in [6.07, 6.45) is 6.66. The summed E-state index contributed by atoms with van der Waals surface area (Å²) >= 11 is 0. The molecule has 6 nitrogen and oxygen atoms in total. The first-order valence-corrected chi connectivity index (χ1v) is 7.94. The fraction of sp³-hybridized carbons (Fsp3) is 0.211. The monoisotopic (exact) mass is 334 g/mol. The van der Waals surface area contributed by atoms with Gasteiger partial charge < -0.3 is 14.4 Å². The highest BCUT2D eigenvalue weighted by Crippen LogP contribution is 2.17. The third-order valence-electron chi connectivity index (χ3n) is 3.71. The standard InChI is InChI=1S/C19H18N4O2/c20-8-5-15-1-3-18(4-2-15)25-14-17(24)13-23-12-11-22-19(23)16-6-9-21-10-7-16/h1-4,6-7,9-12,17,24H,5,13-14H2. The van der Waals surface area contributed by atoms with E-state index in [4.69, 9.17) is 10.00 Å². The normalized spacial score (nSPS) is 11.7. The Morgan fingerprint density at radius 1 is 1.12 bits per heavy atom.